The van der Waals surface area contributed by atoms with E-state index in [0.29, 0.717) is 6.10 Å². The van der Waals surface area contributed by atoms with Gasteiger partial charge in [-0.25, -0.2) is 0 Å². The maximum Gasteiger partial charge on any atom is 0.0702 e. The van der Waals surface area contributed by atoms with E-state index in [1.165, 1.54) is 51.7 Å². The zero-order chi connectivity index (χ0) is 10.1. The van der Waals surface area contributed by atoms with Crippen molar-refractivity contribution in [2.45, 2.75) is 50.3 Å². The Labute approximate surface area is 92.2 Å². The average Bonchev–Trinajstić information content (AvgIpc) is 2.87. The molecule has 3 fully saturated rings. The van der Waals surface area contributed by atoms with Gasteiger partial charge in [0.05, 0.1) is 6.10 Å². The van der Waals surface area contributed by atoms with Gasteiger partial charge in [-0.15, -0.1) is 0 Å². The molecule has 3 rings (SSSR count). The Morgan fingerprint density at radius 3 is 3.07 bits per heavy atom. The lowest BCUT2D eigenvalue weighted by Gasteiger charge is -2.39. The van der Waals surface area contributed by atoms with Crippen molar-refractivity contribution in [1.82, 2.24) is 10.2 Å². The van der Waals surface area contributed by atoms with Gasteiger partial charge >= 0.3 is 0 Å². The Bertz CT molecular complexity index is 216. The van der Waals surface area contributed by atoms with E-state index in [1.807, 2.05) is 0 Å². The molecule has 3 atom stereocenters. The number of piperazine rings is 1. The molecule has 0 aromatic carbocycles. The molecule has 1 saturated carbocycles. The molecule has 15 heavy (non-hydrogen) atoms. The van der Waals surface area contributed by atoms with Crippen LogP contribution in [-0.2, 0) is 4.74 Å². The third-order valence-electron chi connectivity index (χ3n) is 4.22. The van der Waals surface area contributed by atoms with Crippen molar-refractivity contribution in [3.05, 3.63) is 0 Å². The van der Waals surface area contributed by atoms with Crippen LogP contribution in [0.2, 0.25) is 0 Å². The molecule has 2 saturated heterocycles. The van der Waals surface area contributed by atoms with E-state index in [-0.39, 0.29) is 0 Å². The summed E-state index contributed by atoms with van der Waals surface area (Å²) >= 11 is 0. The third kappa shape index (κ3) is 2.05. The van der Waals surface area contributed by atoms with E-state index in [9.17, 15) is 0 Å². The lowest BCUT2D eigenvalue weighted by atomic mass is 10.1. The van der Waals surface area contributed by atoms with E-state index in [4.69, 9.17) is 4.74 Å². The summed E-state index contributed by atoms with van der Waals surface area (Å²) in [6.07, 6.45) is 7.26. The molecule has 0 amide bonds. The van der Waals surface area contributed by atoms with E-state index in [1.54, 1.807) is 0 Å². The van der Waals surface area contributed by atoms with Gasteiger partial charge in [-0.3, -0.25) is 4.90 Å². The van der Waals surface area contributed by atoms with Crippen molar-refractivity contribution in [3.63, 3.8) is 0 Å². The van der Waals surface area contributed by atoms with Crippen LogP contribution in [0.25, 0.3) is 0 Å². The van der Waals surface area contributed by atoms with Crippen molar-refractivity contribution in [2.24, 2.45) is 0 Å². The van der Waals surface area contributed by atoms with Crippen LogP contribution in [0.1, 0.15) is 32.1 Å². The van der Waals surface area contributed by atoms with Crippen molar-refractivity contribution in [1.29, 1.82) is 0 Å². The highest BCUT2D eigenvalue weighted by molar-refractivity contribution is 4.94. The minimum absolute atomic E-state index is 0.532. The van der Waals surface area contributed by atoms with E-state index in [2.05, 4.69) is 10.2 Å². The molecule has 0 radical (unpaired) electrons. The molecule has 0 aromatic heterocycles. The van der Waals surface area contributed by atoms with E-state index < -0.39 is 0 Å². The minimum Gasteiger partial charge on any atom is -0.377 e. The molecule has 2 heterocycles. The van der Waals surface area contributed by atoms with Gasteiger partial charge in [-0.2, -0.15) is 0 Å². The number of fused-ring (bicyclic) bond motifs is 1. The molecule has 0 spiro atoms. The zero-order valence-corrected chi connectivity index (χ0v) is 9.45. The number of nitrogens with zero attached hydrogens (tertiary/aromatic N) is 1. The molecule has 86 valence electrons. The third-order valence-corrected chi connectivity index (χ3v) is 4.22. The second-order valence-electron chi connectivity index (χ2n) is 5.19. The Morgan fingerprint density at radius 2 is 2.20 bits per heavy atom. The highest BCUT2D eigenvalue weighted by Gasteiger charge is 2.35. The largest absolute Gasteiger partial charge is 0.377 e. The van der Waals surface area contributed by atoms with Crippen LogP contribution in [-0.4, -0.2) is 49.3 Å². The summed E-state index contributed by atoms with van der Waals surface area (Å²) in [5.74, 6) is 0. The fourth-order valence-corrected chi connectivity index (χ4v) is 3.45. The van der Waals surface area contributed by atoms with Crippen LogP contribution >= 0.6 is 0 Å². The van der Waals surface area contributed by atoms with Crippen molar-refractivity contribution >= 4 is 0 Å². The van der Waals surface area contributed by atoms with Gasteiger partial charge in [-0.1, -0.05) is 6.42 Å². The first-order valence-electron chi connectivity index (χ1n) is 6.52. The standard InChI is InChI=1S/C12H22N2O/c1-4-11-12(5-1)14(7-6-13-11)9-10-3-2-8-15-10/h10-13H,1-9H2/t10-,11-,12+/m1/s1. The quantitative estimate of drug-likeness (QED) is 0.735. The number of hydrogen-bond acceptors (Lipinski definition) is 3. The van der Waals surface area contributed by atoms with Crippen LogP contribution in [0.5, 0.6) is 0 Å². The van der Waals surface area contributed by atoms with Crippen molar-refractivity contribution < 1.29 is 4.74 Å². The summed E-state index contributed by atoms with van der Waals surface area (Å²) in [5, 5.41) is 3.65. The molecule has 0 bridgehead atoms. The first-order chi connectivity index (χ1) is 7.43. The van der Waals surface area contributed by atoms with Crippen molar-refractivity contribution in [3.8, 4) is 0 Å². The maximum absolute atomic E-state index is 5.74. The first-order valence-corrected chi connectivity index (χ1v) is 6.52. The summed E-state index contributed by atoms with van der Waals surface area (Å²) in [5.41, 5.74) is 0. The molecule has 3 nitrogen and oxygen atoms in total. The maximum atomic E-state index is 5.74. The van der Waals surface area contributed by atoms with Gasteiger partial charge in [0, 0.05) is 38.3 Å². The van der Waals surface area contributed by atoms with Crippen LogP contribution in [0, 0.1) is 0 Å². The monoisotopic (exact) mass is 210 g/mol. The topological polar surface area (TPSA) is 24.5 Å². The fourth-order valence-electron chi connectivity index (χ4n) is 3.45. The summed E-state index contributed by atoms with van der Waals surface area (Å²) in [7, 11) is 0. The van der Waals surface area contributed by atoms with Gasteiger partial charge in [0.2, 0.25) is 0 Å². The molecular weight excluding hydrogens is 188 g/mol. The molecule has 0 aromatic rings. The van der Waals surface area contributed by atoms with Crippen LogP contribution in [0.4, 0.5) is 0 Å². The molecule has 1 aliphatic carbocycles. The fraction of sp³-hybridized carbons (Fsp3) is 1.00. The van der Waals surface area contributed by atoms with Crippen LogP contribution < -0.4 is 5.32 Å². The molecule has 3 aliphatic rings. The SMILES string of the molecule is C1CO[C@@H](CN2CCN[C@@H]3CCC[C@@H]32)C1. The Kier molecular flexibility index (Phi) is 2.95. The number of nitrogens with one attached hydrogen (secondary N) is 1. The lowest BCUT2D eigenvalue weighted by molar-refractivity contribution is 0.0420. The van der Waals surface area contributed by atoms with Gasteiger partial charge in [0.25, 0.3) is 0 Å². The normalized spacial score (nSPS) is 42.0. The van der Waals surface area contributed by atoms with Crippen LogP contribution in [0.15, 0.2) is 0 Å². The Morgan fingerprint density at radius 1 is 1.20 bits per heavy atom. The minimum atomic E-state index is 0.532. The second kappa shape index (κ2) is 4.40. The first kappa shape index (κ1) is 10.1. The summed E-state index contributed by atoms with van der Waals surface area (Å²) < 4.78 is 5.74. The van der Waals surface area contributed by atoms with Crippen molar-refractivity contribution in [2.75, 3.05) is 26.2 Å². The molecule has 2 aliphatic heterocycles. The zero-order valence-electron chi connectivity index (χ0n) is 9.45. The molecule has 0 unspecified atom stereocenters. The number of hydrogen-bond donors (Lipinski definition) is 1. The smallest absolute Gasteiger partial charge is 0.0702 e. The van der Waals surface area contributed by atoms with Gasteiger partial charge in [-0.05, 0) is 25.7 Å². The lowest BCUT2D eigenvalue weighted by Crippen LogP contribution is -2.56. The van der Waals surface area contributed by atoms with E-state index >= 15 is 0 Å². The second-order valence-corrected chi connectivity index (χ2v) is 5.19. The summed E-state index contributed by atoms with van der Waals surface area (Å²) in [6, 6.07) is 1.59. The summed E-state index contributed by atoms with van der Waals surface area (Å²) in [4.78, 5) is 2.68. The Balaban J connectivity index is 1.59. The predicted molar refractivity (Wildman–Crippen MR) is 60.0 cm³/mol. The van der Waals surface area contributed by atoms with Gasteiger partial charge in [0.15, 0.2) is 0 Å². The molecule has 1 N–H and O–H groups in total. The molecular formula is C12H22N2O. The highest BCUT2D eigenvalue weighted by atomic mass is 16.5. The van der Waals surface area contributed by atoms with Gasteiger partial charge < -0.3 is 10.1 Å². The Hall–Kier alpha value is -0.120. The highest BCUT2D eigenvalue weighted by Crippen LogP contribution is 2.27. The van der Waals surface area contributed by atoms with Gasteiger partial charge in [0.1, 0.15) is 0 Å². The average molecular weight is 210 g/mol. The number of ether oxygens (including phenoxy) is 1. The summed E-state index contributed by atoms with van der Waals surface area (Å²) in [6.45, 7) is 4.57. The van der Waals surface area contributed by atoms with E-state index in [0.717, 1.165) is 18.7 Å². The molecule has 3 heteroatoms. The van der Waals surface area contributed by atoms with Crippen LogP contribution in [0.3, 0.4) is 0 Å². The predicted octanol–water partition coefficient (Wildman–Crippen LogP) is 0.992. The number of rotatable bonds is 2.